The normalized spacial score (nSPS) is 21.9. The lowest BCUT2D eigenvalue weighted by Crippen LogP contribution is -2.49. The monoisotopic (exact) mass is 487 g/mol. The van der Waals surface area contributed by atoms with Crippen molar-refractivity contribution in [3.8, 4) is 17.6 Å². The van der Waals surface area contributed by atoms with Gasteiger partial charge in [0.1, 0.15) is 22.9 Å². The van der Waals surface area contributed by atoms with Gasteiger partial charge in [-0.2, -0.15) is 4.31 Å². The zero-order valence-corrected chi connectivity index (χ0v) is 20.9. The zero-order chi connectivity index (χ0) is 24.9. The second-order valence-electron chi connectivity index (χ2n) is 8.90. The van der Waals surface area contributed by atoms with Crippen LogP contribution >= 0.6 is 0 Å². The summed E-state index contributed by atoms with van der Waals surface area (Å²) in [6.45, 7) is 6.37. The number of likely N-dealkylation sites (N-methyl/N-ethyl adjacent to an activating group) is 1. The largest absolute Gasteiger partial charge is 0.487 e. The Morgan fingerprint density at radius 1 is 1.32 bits per heavy atom. The van der Waals surface area contributed by atoms with Crippen molar-refractivity contribution >= 4 is 10.0 Å². The molecule has 0 radical (unpaired) electrons. The molecule has 1 aromatic heterocycles. The molecule has 4 atom stereocenters. The van der Waals surface area contributed by atoms with Crippen LogP contribution in [0.2, 0.25) is 0 Å². The molecule has 8 nitrogen and oxygen atoms in total. The first kappa shape index (κ1) is 26.1. The topological polar surface area (TPSA) is 103 Å². The second-order valence-corrected chi connectivity index (χ2v) is 10.8. The lowest BCUT2D eigenvalue weighted by molar-refractivity contribution is 0.0733. The minimum Gasteiger partial charge on any atom is -0.487 e. The van der Waals surface area contributed by atoms with Gasteiger partial charge in [0.15, 0.2) is 0 Å². The summed E-state index contributed by atoms with van der Waals surface area (Å²) in [6, 6.07) is 8.01. The van der Waals surface area contributed by atoms with Crippen LogP contribution in [-0.2, 0) is 16.6 Å². The van der Waals surface area contributed by atoms with Gasteiger partial charge in [0.05, 0.1) is 6.61 Å². The van der Waals surface area contributed by atoms with E-state index in [9.17, 15) is 18.6 Å². The Morgan fingerprint density at radius 2 is 2.09 bits per heavy atom. The Labute approximate surface area is 202 Å². The molecule has 1 aliphatic heterocycles. The molecule has 0 bridgehead atoms. The van der Waals surface area contributed by atoms with E-state index in [4.69, 9.17) is 4.74 Å². The molecule has 2 heterocycles. The Balaban J connectivity index is 1.99. The van der Waals surface area contributed by atoms with Gasteiger partial charge in [-0.3, -0.25) is 9.88 Å². The third-order valence-corrected chi connectivity index (χ3v) is 7.78. The molecule has 1 aliphatic rings. The number of nitrogens with zero attached hydrogens (tertiary/aromatic N) is 3. The molecule has 9 heteroatoms. The highest BCUT2D eigenvalue weighted by molar-refractivity contribution is 7.89. The van der Waals surface area contributed by atoms with Gasteiger partial charge in [-0.25, -0.2) is 8.42 Å². The van der Waals surface area contributed by atoms with Crippen molar-refractivity contribution in [2.24, 2.45) is 5.92 Å². The molecule has 0 saturated heterocycles. The van der Waals surface area contributed by atoms with Crippen molar-refractivity contribution in [3.63, 3.8) is 0 Å². The van der Waals surface area contributed by atoms with E-state index in [1.54, 1.807) is 32.2 Å². The summed E-state index contributed by atoms with van der Waals surface area (Å²) in [7, 11) is -1.92. The number of hydrogen-bond acceptors (Lipinski definition) is 7. The molecule has 3 rings (SSSR count). The highest BCUT2D eigenvalue weighted by Gasteiger charge is 2.38. The minimum atomic E-state index is -3.91. The fourth-order valence-corrected chi connectivity index (χ4v) is 5.71. The van der Waals surface area contributed by atoms with Gasteiger partial charge < -0.3 is 14.9 Å². The Morgan fingerprint density at radius 3 is 2.74 bits per heavy atom. The van der Waals surface area contributed by atoms with Crippen LogP contribution in [0.5, 0.6) is 5.75 Å². The van der Waals surface area contributed by atoms with Crippen LogP contribution in [0, 0.1) is 17.8 Å². The molecular weight excluding hydrogens is 454 g/mol. The molecule has 0 aliphatic carbocycles. The van der Waals surface area contributed by atoms with Crippen LogP contribution in [0.3, 0.4) is 0 Å². The molecule has 0 saturated carbocycles. The average molecular weight is 488 g/mol. The summed E-state index contributed by atoms with van der Waals surface area (Å²) < 4.78 is 34.7. The van der Waals surface area contributed by atoms with E-state index < -0.39 is 22.2 Å². The number of rotatable bonds is 6. The highest BCUT2D eigenvalue weighted by atomic mass is 32.2. The summed E-state index contributed by atoms with van der Waals surface area (Å²) in [5, 5.41) is 19.3. The average Bonchev–Trinajstić information content (AvgIpc) is 2.80. The molecule has 2 N–H and O–H groups in total. The van der Waals surface area contributed by atoms with Crippen molar-refractivity contribution in [2.75, 3.05) is 26.7 Å². The first-order valence-electron chi connectivity index (χ1n) is 11.3. The van der Waals surface area contributed by atoms with Crippen LogP contribution in [0.4, 0.5) is 0 Å². The summed E-state index contributed by atoms with van der Waals surface area (Å²) in [4.78, 5) is 6.32. The van der Waals surface area contributed by atoms with E-state index in [0.29, 0.717) is 18.7 Å². The van der Waals surface area contributed by atoms with Gasteiger partial charge in [0.25, 0.3) is 0 Å². The minimum absolute atomic E-state index is 0.0437. The maximum Gasteiger partial charge on any atom is 0.247 e. The molecule has 0 amide bonds. The van der Waals surface area contributed by atoms with Gasteiger partial charge >= 0.3 is 0 Å². The maximum absolute atomic E-state index is 13.5. The van der Waals surface area contributed by atoms with E-state index >= 15 is 0 Å². The van der Waals surface area contributed by atoms with Gasteiger partial charge in [0.2, 0.25) is 10.0 Å². The van der Waals surface area contributed by atoms with Crippen molar-refractivity contribution < 1.29 is 23.4 Å². The third-order valence-electron chi connectivity index (χ3n) is 5.76. The van der Waals surface area contributed by atoms with Crippen molar-refractivity contribution in [2.45, 2.75) is 50.5 Å². The standard InChI is InChI=1S/C25H33N3O5S/c1-18-14-28(19(2)17-29)34(31,32)25-10-9-21(8-7-20(3)30)12-23(25)33-24(18)16-27(4)15-22-6-5-11-26-13-22/h5-6,9-13,18-20,24,29-30H,14-17H2,1-4H3/t18-,19+,20+,24+/m1/s1. The van der Waals surface area contributed by atoms with Gasteiger partial charge in [-0.05, 0) is 50.7 Å². The van der Waals surface area contributed by atoms with Gasteiger partial charge in [-0.1, -0.05) is 24.8 Å². The third kappa shape index (κ3) is 6.34. The maximum atomic E-state index is 13.5. The number of aliphatic hydroxyl groups excluding tert-OH is 2. The smallest absolute Gasteiger partial charge is 0.247 e. The Bertz CT molecular complexity index is 1130. The van der Waals surface area contributed by atoms with Crippen molar-refractivity contribution in [1.82, 2.24) is 14.2 Å². The lowest BCUT2D eigenvalue weighted by Gasteiger charge is -2.37. The molecule has 1 aromatic carbocycles. The number of aliphatic hydroxyl groups is 2. The summed E-state index contributed by atoms with van der Waals surface area (Å²) >= 11 is 0. The number of sulfonamides is 1. The molecule has 2 aromatic rings. The lowest BCUT2D eigenvalue weighted by atomic mass is 10.0. The van der Waals surface area contributed by atoms with E-state index in [2.05, 4.69) is 21.7 Å². The van der Waals surface area contributed by atoms with Crippen LogP contribution in [-0.4, -0.2) is 77.8 Å². The quantitative estimate of drug-likeness (QED) is 0.598. The number of aromatic nitrogens is 1. The van der Waals surface area contributed by atoms with Crippen LogP contribution in [0.25, 0.3) is 0 Å². The Hall–Kier alpha value is -2.48. The number of hydrogen-bond donors (Lipinski definition) is 2. The predicted molar refractivity (Wildman–Crippen MR) is 130 cm³/mol. The second kappa shape index (κ2) is 11.3. The van der Waals surface area contributed by atoms with E-state index in [-0.39, 0.29) is 35.8 Å². The van der Waals surface area contributed by atoms with Crippen molar-refractivity contribution in [1.29, 1.82) is 0 Å². The highest BCUT2D eigenvalue weighted by Crippen LogP contribution is 2.34. The van der Waals surface area contributed by atoms with E-state index in [1.807, 2.05) is 32.3 Å². The SMILES string of the molecule is C[C@H](O)C#Cc1ccc2c(c1)O[C@@H](CN(C)Cc1cccnc1)[C@H](C)CN([C@@H](C)CO)S2(=O)=O. The van der Waals surface area contributed by atoms with Crippen LogP contribution < -0.4 is 4.74 Å². The first-order chi connectivity index (χ1) is 16.1. The van der Waals surface area contributed by atoms with Crippen LogP contribution in [0.1, 0.15) is 31.9 Å². The zero-order valence-electron chi connectivity index (χ0n) is 20.0. The number of benzene rings is 1. The summed E-state index contributed by atoms with van der Waals surface area (Å²) in [5.41, 5.74) is 1.62. The summed E-state index contributed by atoms with van der Waals surface area (Å²) in [6.07, 6.45) is 2.43. The first-order valence-corrected chi connectivity index (χ1v) is 12.8. The number of ether oxygens (including phenoxy) is 1. The van der Waals surface area contributed by atoms with Crippen LogP contribution in [0.15, 0.2) is 47.6 Å². The van der Waals surface area contributed by atoms with Gasteiger partial charge in [0, 0.05) is 49.6 Å². The predicted octanol–water partition coefficient (Wildman–Crippen LogP) is 1.71. The number of fused-ring (bicyclic) bond motifs is 1. The molecule has 0 fully saturated rings. The fraction of sp³-hybridized carbons (Fsp3) is 0.480. The molecule has 34 heavy (non-hydrogen) atoms. The Kier molecular flexibility index (Phi) is 8.68. The molecule has 184 valence electrons. The van der Waals surface area contributed by atoms with Crippen molar-refractivity contribution in [3.05, 3.63) is 53.9 Å². The van der Waals surface area contributed by atoms with E-state index in [1.165, 1.54) is 10.4 Å². The summed E-state index contributed by atoms with van der Waals surface area (Å²) in [5.74, 6) is 5.60. The molecular formula is C25H33N3O5S. The van der Waals surface area contributed by atoms with E-state index in [0.717, 1.165) is 5.56 Å². The van der Waals surface area contributed by atoms with Gasteiger partial charge in [-0.15, -0.1) is 0 Å². The molecule has 0 unspecified atom stereocenters. The fourth-order valence-electron chi connectivity index (χ4n) is 3.88. The molecule has 0 spiro atoms. The number of pyridine rings is 1.